The third-order valence-corrected chi connectivity index (χ3v) is 5.12. The molecule has 2 aromatic rings. The van der Waals surface area contributed by atoms with Crippen molar-refractivity contribution in [3.63, 3.8) is 0 Å². The number of alkyl halides is 3. The molecular weight excluding hydrogens is 313 g/mol. The summed E-state index contributed by atoms with van der Waals surface area (Å²) in [5, 5.41) is 3.36. The minimum absolute atomic E-state index is 0.0159. The zero-order valence-electron chi connectivity index (χ0n) is 13.2. The van der Waals surface area contributed by atoms with Gasteiger partial charge in [0.15, 0.2) is 0 Å². The van der Waals surface area contributed by atoms with Gasteiger partial charge in [-0.05, 0) is 28.8 Å². The van der Waals surface area contributed by atoms with Crippen LogP contribution in [0.15, 0.2) is 48.5 Å². The standard InChI is InChI=1S/C19H19F3N2/c20-19(21,22)14-6-7-15-16(10-14)17(13-4-2-1-3-5-13)12-24-9-8-23-11-18(15)24/h1-7,10,17-18,23H,8-9,11-12H2/t17-,18-/m1/s1. The molecule has 0 bridgehead atoms. The second kappa shape index (κ2) is 5.90. The number of halogens is 3. The Hall–Kier alpha value is -1.85. The van der Waals surface area contributed by atoms with Gasteiger partial charge in [-0.1, -0.05) is 36.4 Å². The molecule has 2 atom stereocenters. The lowest BCUT2D eigenvalue weighted by molar-refractivity contribution is -0.137. The summed E-state index contributed by atoms with van der Waals surface area (Å²) in [7, 11) is 0. The van der Waals surface area contributed by atoms with E-state index in [1.165, 1.54) is 12.1 Å². The van der Waals surface area contributed by atoms with E-state index in [1.807, 2.05) is 30.3 Å². The van der Waals surface area contributed by atoms with E-state index in [4.69, 9.17) is 0 Å². The van der Waals surface area contributed by atoms with Gasteiger partial charge >= 0.3 is 6.18 Å². The minimum atomic E-state index is -4.31. The highest BCUT2D eigenvalue weighted by molar-refractivity contribution is 5.45. The van der Waals surface area contributed by atoms with E-state index >= 15 is 0 Å². The molecule has 0 aromatic heterocycles. The smallest absolute Gasteiger partial charge is 0.314 e. The number of nitrogens with one attached hydrogen (secondary N) is 1. The lowest BCUT2D eigenvalue weighted by atomic mass is 9.80. The van der Waals surface area contributed by atoms with Crippen molar-refractivity contribution in [1.29, 1.82) is 0 Å². The summed E-state index contributed by atoms with van der Waals surface area (Å²) in [6, 6.07) is 14.3. The molecule has 1 saturated heterocycles. The maximum absolute atomic E-state index is 13.2. The van der Waals surface area contributed by atoms with Crippen LogP contribution in [0.25, 0.3) is 0 Å². The molecule has 2 heterocycles. The van der Waals surface area contributed by atoms with Crippen molar-refractivity contribution in [1.82, 2.24) is 10.2 Å². The van der Waals surface area contributed by atoms with Crippen molar-refractivity contribution in [2.45, 2.75) is 18.1 Å². The first-order valence-electron chi connectivity index (χ1n) is 8.25. The number of hydrogen-bond donors (Lipinski definition) is 1. The van der Waals surface area contributed by atoms with E-state index in [9.17, 15) is 13.2 Å². The van der Waals surface area contributed by atoms with E-state index in [0.717, 1.165) is 42.9 Å². The Kier molecular flexibility index (Phi) is 3.85. The van der Waals surface area contributed by atoms with Gasteiger partial charge in [-0.15, -0.1) is 0 Å². The summed E-state index contributed by atoms with van der Waals surface area (Å²) < 4.78 is 39.6. The molecule has 4 rings (SSSR count). The second-order valence-corrected chi connectivity index (χ2v) is 6.52. The van der Waals surface area contributed by atoms with Crippen LogP contribution in [-0.2, 0) is 6.18 Å². The quantitative estimate of drug-likeness (QED) is 0.855. The largest absolute Gasteiger partial charge is 0.416 e. The van der Waals surface area contributed by atoms with Gasteiger partial charge in [0, 0.05) is 38.1 Å². The topological polar surface area (TPSA) is 15.3 Å². The highest BCUT2D eigenvalue weighted by atomic mass is 19.4. The molecule has 2 nitrogen and oxygen atoms in total. The van der Waals surface area contributed by atoms with Crippen molar-refractivity contribution >= 4 is 0 Å². The molecule has 0 unspecified atom stereocenters. The number of hydrogen-bond acceptors (Lipinski definition) is 2. The second-order valence-electron chi connectivity index (χ2n) is 6.52. The summed E-state index contributed by atoms with van der Waals surface area (Å²) in [6.07, 6.45) is -4.31. The monoisotopic (exact) mass is 332 g/mol. The summed E-state index contributed by atoms with van der Waals surface area (Å²) >= 11 is 0. The molecule has 126 valence electrons. The average molecular weight is 332 g/mol. The molecule has 0 saturated carbocycles. The first-order valence-corrected chi connectivity index (χ1v) is 8.25. The van der Waals surface area contributed by atoms with Crippen molar-refractivity contribution in [2.75, 3.05) is 26.2 Å². The molecular formula is C19H19F3N2. The van der Waals surface area contributed by atoms with Gasteiger partial charge in [0.05, 0.1) is 5.56 Å². The van der Waals surface area contributed by atoms with Crippen molar-refractivity contribution in [3.8, 4) is 0 Å². The highest BCUT2D eigenvalue weighted by Crippen LogP contribution is 2.42. The molecule has 0 amide bonds. The molecule has 2 aliphatic heterocycles. The van der Waals surface area contributed by atoms with Crippen LogP contribution in [0.3, 0.4) is 0 Å². The van der Waals surface area contributed by atoms with Crippen molar-refractivity contribution in [3.05, 3.63) is 70.8 Å². The number of piperazine rings is 1. The Balaban J connectivity index is 1.84. The van der Waals surface area contributed by atoms with Crippen LogP contribution in [0, 0.1) is 0 Å². The third-order valence-electron chi connectivity index (χ3n) is 5.12. The lowest BCUT2D eigenvalue weighted by Crippen LogP contribution is -2.50. The van der Waals surface area contributed by atoms with E-state index < -0.39 is 11.7 Å². The van der Waals surface area contributed by atoms with Crippen LogP contribution >= 0.6 is 0 Å². The molecule has 1 N–H and O–H groups in total. The van der Waals surface area contributed by atoms with Gasteiger partial charge in [0.25, 0.3) is 0 Å². The Bertz CT molecular complexity index is 727. The van der Waals surface area contributed by atoms with Crippen molar-refractivity contribution < 1.29 is 13.2 Å². The Morgan fingerprint density at radius 2 is 1.79 bits per heavy atom. The Morgan fingerprint density at radius 1 is 1.00 bits per heavy atom. The number of benzene rings is 2. The molecule has 24 heavy (non-hydrogen) atoms. The summed E-state index contributed by atoms with van der Waals surface area (Å²) in [5.74, 6) is -0.0159. The SMILES string of the molecule is FC(F)(F)c1ccc2c(c1)[C@@H](c1ccccc1)CN1CCNC[C@H]21. The summed E-state index contributed by atoms with van der Waals surface area (Å²) in [4.78, 5) is 2.39. The zero-order chi connectivity index (χ0) is 16.7. The minimum Gasteiger partial charge on any atom is -0.314 e. The van der Waals surface area contributed by atoms with Gasteiger partial charge in [-0.3, -0.25) is 4.90 Å². The van der Waals surface area contributed by atoms with Crippen LogP contribution in [-0.4, -0.2) is 31.1 Å². The molecule has 2 aromatic carbocycles. The van der Waals surface area contributed by atoms with Crippen LogP contribution in [0.5, 0.6) is 0 Å². The van der Waals surface area contributed by atoms with E-state index in [2.05, 4.69) is 10.2 Å². The number of rotatable bonds is 1. The van der Waals surface area contributed by atoms with Gasteiger partial charge in [-0.25, -0.2) is 0 Å². The number of nitrogens with zero attached hydrogens (tertiary/aromatic N) is 1. The molecule has 0 spiro atoms. The fourth-order valence-corrected chi connectivity index (χ4v) is 3.93. The lowest BCUT2D eigenvalue weighted by Gasteiger charge is -2.44. The van der Waals surface area contributed by atoms with E-state index in [0.29, 0.717) is 0 Å². The highest BCUT2D eigenvalue weighted by Gasteiger charge is 2.38. The van der Waals surface area contributed by atoms with Crippen LogP contribution in [0.2, 0.25) is 0 Å². The van der Waals surface area contributed by atoms with Crippen LogP contribution in [0.1, 0.15) is 34.2 Å². The van der Waals surface area contributed by atoms with Gasteiger partial charge in [0.2, 0.25) is 0 Å². The van der Waals surface area contributed by atoms with Gasteiger partial charge < -0.3 is 5.32 Å². The molecule has 5 heteroatoms. The Morgan fingerprint density at radius 3 is 2.54 bits per heavy atom. The number of fused-ring (bicyclic) bond motifs is 3. The predicted molar refractivity (Wildman–Crippen MR) is 86.9 cm³/mol. The average Bonchev–Trinajstić information content (AvgIpc) is 2.60. The van der Waals surface area contributed by atoms with Gasteiger partial charge in [0.1, 0.15) is 0 Å². The summed E-state index contributed by atoms with van der Waals surface area (Å²) in [6.45, 7) is 3.41. The van der Waals surface area contributed by atoms with Gasteiger partial charge in [-0.2, -0.15) is 13.2 Å². The maximum Gasteiger partial charge on any atom is 0.416 e. The van der Waals surface area contributed by atoms with E-state index in [1.54, 1.807) is 6.07 Å². The van der Waals surface area contributed by atoms with Crippen molar-refractivity contribution in [2.24, 2.45) is 0 Å². The maximum atomic E-state index is 13.2. The molecule has 2 aliphatic rings. The van der Waals surface area contributed by atoms with Crippen LogP contribution < -0.4 is 5.32 Å². The third kappa shape index (κ3) is 2.72. The predicted octanol–water partition coefficient (Wildman–Crippen LogP) is 3.80. The fourth-order valence-electron chi connectivity index (χ4n) is 3.93. The first-order chi connectivity index (χ1) is 11.5. The normalized spacial score (nSPS) is 24.3. The first kappa shape index (κ1) is 15.7. The summed E-state index contributed by atoms with van der Waals surface area (Å²) in [5.41, 5.74) is 2.37. The Labute approximate surface area is 139 Å². The van der Waals surface area contributed by atoms with E-state index in [-0.39, 0.29) is 12.0 Å². The molecule has 0 radical (unpaired) electrons. The molecule has 1 fully saturated rings. The molecule has 0 aliphatic carbocycles. The zero-order valence-corrected chi connectivity index (χ0v) is 13.2. The van der Waals surface area contributed by atoms with Crippen LogP contribution in [0.4, 0.5) is 13.2 Å². The fraction of sp³-hybridized carbons (Fsp3) is 0.368.